The molecule has 0 bridgehead atoms. The molecule has 1 radical (unpaired) electrons. The SMILES string of the molecule is O=[C]Cc1ccc(CCc2c[nH]c3ccccc23)cc1. The number of hydrogen-bond acceptors (Lipinski definition) is 1. The minimum Gasteiger partial charge on any atom is -0.361 e. The molecule has 0 saturated carbocycles. The zero-order chi connectivity index (χ0) is 13.8. The quantitative estimate of drug-likeness (QED) is 0.748. The third kappa shape index (κ3) is 2.64. The molecule has 0 aliphatic rings. The van der Waals surface area contributed by atoms with E-state index in [0.717, 1.165) is 18.4 Å². The highest BCUT2D eigenvalue weighted by Gasteiger charge is 2.03. The highest BCUT2D eigenvalue weighted by Crippen LogP contribution is 2.19. The van der Waals surface area contributed by atoms with Crippen LogP contribution < -0.4 is 0 Å². The highest BCUT2D eigenvalue weighted by molar-refractivity contribution is 5.83. The standard InChI is InChI=1S/C18H16NO/c20-12-11-15-7-5-14(6-8-15)9-10-16-13-19-18-4-2-1-3-17(16)18/h1-8,13,19H,9-11H2. The average Bonchev–Trinajstić information content (AvgIpc) is 2.90. The van der Waals surface area contributed by atoms with Gasteiger partial charge in [0.25, 0.3) is 0 Å². The molecule has 0 unspecified atom stereocenters. The van der Waals surface area contributed by atoms with Crippen LogP contribution in [0, 0.1) is 0 Å². The maximum Gasteiger partial charge on any atom is 0.203 e. The summed E-state index contributed by atoms with van der Waals surface area (Å²) in [6.07, 6.45) is 6.42. The van der Waals surface area contributed by atoms with E-state index in [-0.39, 0.29) is 0 Å². The topological polar surface area (TPSA) is 32.9 Å². The smallest absolute Gasteiger partial charge is 0.203 e. The molecule has 1 heterocycles. The zero-order valence-electron chi connectivity index (χ0n) is 11.2. The normalized spacial score (nSPS) is 10.8. The fraction of sp³-hybridized carbons (Fsp3) is 0.167. The minimum absolute atomic E-state index is 0.378. The molecule has 3 rings (SSSR count). The Hall–Kier alpha value is -2.35. The van der Waals surface area contributed by atoms with E-state index in [1.807, 2.05) is 24.5 Å². The van der Waals surface area contributed by atoms with Crippen LogP contribution in [-0.2, 0) is 24.1 Å². The number of para-hydroxylation sites is 1. The van der Waals surface area contributed by atoms with Gasteiger partial charge in [-0.1, -0.05) is 42.5 Å². The van der Waals surface area contributed by atoms with Crippen LogP contribution in [0.5, 0.6) is 0 Å². The summed E-state index contributed by atoms with van der Waals surface area (Å²) >= 11 is 0. The molecule has 1 N–H and O–H groups in total. The molecule has 3 aromatic rings. The van der Waals surface area contributed by atoms with Gasteiger partial charge in [-0.15, -0.1) is 0 Å². The predicted molar refractivity (Wildman–Crippen MR) is 81.5 cm³/mol. The van der Waals surface area contributed by atoms with Gasteiger partial charge in [-0.25, -0.2) is 0 Å². The van der Waals surface area contributed by atoms with Crippen molar-refractivity contribution in [2.75, 3.05) is 0 Å². The van der Waals surface area contributed by atoms with Gasteiger partial charge in [-0.3, -0.25) is 4.79 Å². The van der Waals surface area contributed by atoms with Crippen LogP contribution in [0.3, 0.4) is 0 Å². The van der Waals surface area contributed by atoms with E-state index in [9.17, 15) is 4.79 Å². The second-order valence-corrected chi connectivity index (χ2v) is 5.00. The lowest BCUT2D eigenvalue weighted by molar-refractivity contribution is 0.555. The number of fused-ring (bicyclic) bond motifs is 1. The van der Waals surface area contributed by atoms with Crippen LogP contribution in [0.15, 0.2) is 54.7 Å². The van der Waals surface area contributed by atoms with Crippen molar-refractivity contribution in [2.24, 2.45) is 0 Å². The van der Waals surface area contributed by atoms with Crippen molar-refractivity contribution in [1.82, 2.24) is 4.98 Å². The first-order chi connectivity index (χ1) is 9.86. The number of aromatic amines is 1. The Morgan fingerprint density at radius 2 is 1.65 bits per heavy atom. The molecular formula is C18H16NO. The van der Waals surface area contributed by atoms with E-state index >= 15 is 0 Å². The van der Waals surface area contributed by atoms with Crippen LogP contribution in [-0.4, -0.2) is 11.3 Å². The van der Waals surface area contributed by atoms with Gasteiger partial charge in [0.1, 0.15) is 0 Å². The molecule has 0 saturated heterocycles. The average molecular weight is 262 g/mol. The van der Waals surface area contributed by atoms with Gasteiger partial charge in [0, 0.05) is 23.5 Å². The second kappa shape index (κ2) is 5.74. The lowest BCUT2D eigenvalue weighted by atomic mass is 10.0. The van der Waals surface area contributed by atoms with E-state index in [1.54, 1.807) is 0 Å². The first-order valence-corrected chi connectivity index (χ1v) is 6.84. The van der Waals surface area contributed by atoms with E-state index in [2.05, 4.69) is 41.5 Å². The summed E-state index contributed by atoms with van der Waals surface area (Å²) in [5, 5.41) is 1.31. The molecule has 0 fully saturated rings. The Balaban J connectivity index is 1.71. The Kier molecular flexibility index (Phi) is 3.64. The Morgan fingerprint density at radius 1 is 0.900 bits per heavy atom. The van der Waals surface area contributed by atoms with Crippen LogP contribution in [0.4, 0.5) is 0 Å². The summed E-state index contributed by atoms with van der Waals surface area (Å²) in [5.74, 6) is 0. The van der Waals surface area contributed by atoms with Gasteiger partial charge < -0.3 is 4.98 Å². The highest BCUT2D eigenvalue weighted by atomic mass is 16.1. The molecular weight excluding hydrogens is 246 g/mol. The molecule has 2 heteroatoms. The minimum atomic E-state index is 0.378. The number of rotatable bonds is 5. The van der Waals surface area contributed by atoms with Crippen molar-refractivity contribution in [2.45, 2.75) is 19.3 Å². The number of nitrogens with one attached hydrogen (secondary N) is 1. The van der Waals surface area contributed by atoms with Crippen LogP contribution in [0.1, 0.15) is 16.7 Å². The molecule has 2 nitrogen and oxygen atoms in total. The zero-order valence-corrected chi connectivity index (χ0v) is 11.2. The third-order valence-corrected chi connectivity index (χ3v) is 3.66. The van der Waals surface area contributed by atoms with Crippen LogP contribution in [0.2, 0.25) is 0 Å². The molecule has 0 aliphatic carbocycles. The van der Waals surface area contributed by atoms with Gasteiger partial charge in [0.15, 0.2) is 0 Å². The molecule has 0 amide bonds. The second-order valence-electron chi connectivity index (χ2n) is 5.00. The molecule has 0 atom stereocenters. The van der Waals surface area contributed by atoms with E-state index in [4.69, 9.17) is 0 Å². The number of aromatic nitrogens is 1. The Labute approximate surface area is 118 Å². The maximum atomic E-state index is 10.3. The summed E-state index contributed by atoms with van der Waals surface area (Å²) < 4.78 is 0. The van der Waals surface area contributed by atoms with Crippen molar-refractivity contribution in [3.8, 4) is 0 Å². The van der Waals surface area contributed by atoms with Crippen molar-refractivity contribution in [3.05, 3.63) is 71.4 Å². The summed E-state index contributed by atoms with van der Waals surface area (Å²) in [6, 6.07) is 16.6. The number of aryl methyl sites for hydroxylation is 2. The Bertz CT molecular complexity index is 710. The lowest BCUT2D eigenvalue weighted by Crippen LogP contribution is -1.92. The van der Waals surface area contributed by atoms with E-state index in [0.29, 0.717) is 6.42 Å². The monoisotopic (exact) mass is 262 g/mol. The van der Waals surface area contributed by atoms with E-state index < -0.39 is 0 Å². The fourth-order valence-corrected chi connectivity index (χ4v) is 2.52. The number of hydrogen-bond donors (Lipinski definition) is 1. The summed E-state index contributed by atoms with van der Waals surface area (Å²) in [4.78, 5) is 13.6. The first kappa shape index (κ1) is 12.7. The number of benzene rings is 2. The van der Waals surface area contributed by atoms with Gasteiger partial charge >= 0.3 is 0 Å². The summed E-state index contributed by atoms with van der Waals surface area (Å²) in [5.41, 5.74) is 4.87. The first-order valence-electron chi connectivity index (χ1n) is 6.84. The number of H-pyrrole nitrogens is 1. The fourth-order valence-electron chi connectivity index (χ4n) is 2.52. The van der Waals surface area contributed by atoms with Gasteiger partial charge in [0.05, 0.1) is 0 Å². The van der Waals surface area contributed by atoms with Crippen molar-refractivity contribution >= 4 is 17.2 Å². The molecule has 99 valence electrons. The van der Waals surface area contributed by atoms with Crippen molar-refractivity contribution in [1.29, 1.82) is 0 Å². The van der Waals surface area contributed by atoms with Crippen molar-refractivity contribution in [3.63, 3.8) is 0 Å². The lowest BCUT2D eigenvalue weighted by Gasteiger charge is -2.02. The molecule has 0 spiro atoms. The molecule has 2 aromatic carbocycles. The van der Waals surface area contributed by atoms with Gasteiger partial charge in [-0.2, -0.15) is 0 Å². The summed E-state index contributed by atoms with van der Waals surface area (Å²) in [7, 11) is 0. The third-order valence-electron chi connectivity index (χ3n) is 3.66. The van der Waals surface area contributed by atoms with Crippen LogP contribution >= 0.6 is 0 Å². The van der Waals surface area contributed by atoms with Crippen LogP contribution in [0.25, 0.3) is 10.9 Å². The van der Waals surface area contributed by atoms with Gasteiger partial charge in [-0.05, 0) is 35.6 Å². The van der Waals surface area contributed by atoms with Gasteiger partial charge in [0.2, 0.25) is 6.29 Å². The van der Waals surface area contributed by atoms with E-state index in [1.165, 1.54) is 22.0 Å². The summed E-state index contributed by atoms with van der Waals surface area (Å²) in [6.45, 7) is 0. The molecule has 1 aromatic heterocycles. The number of carbonyl (C=O) groups excluding carboxylic acids is 1. The maximum absolute atomic E-state index is 10.3. The molecule has 0 aliphatic heterocycles. The predicted octanol–water partition coefficient (Wildman–Crippen LogP) is 3.61. The Morgan fingerprint density at radius 3 is 2.45 bits per heavy atom. The van der Waals surface area contributed by atoms with Crippen molar-refractivity contribution < 1.29 is 4.79 Å². The largest absolute Gasteiger partial charge is 0.361 e. The molecule has 20 heavy (non-hydrogen) atoms.